The molecule has 2 aromatic carbocycles. The van der Waals surface area contributed by atoms with Crippen molar-refractivity contribution in [1.29, 1.82) is 0 Å². The van der Waals surface area contributed by atoms with E-state index in [1.165, 1.54) is 5.56 Å². The lowest BCUT2D eigenvalue weighted by molar-refractivity contribution is -0.367. The van der Waals surface area contributed by atoms with Crippen LogP contribution in [0.15, 0.2) is 59.5 Å². The van der Waals surface area contributed by atoms with Crippen molar-refractivity contribution in [3.63, 3.8) is 0 Å². The summed E-state index contributed by atoms with van der Waals surface area (Å²) >= 11 is 0. The zero-order valence-electron chi connectivity index (χ0n) is 12.5. The Morgan fingerprint density at radius 1 is 0.905 bits per heavy atom. The number of sulfone groups is 1. The topological polar surface area (TPSA) is 61.8 Å². The van der Waals surface area contributed by atoms with Crippen molar-refractivity contribution < 1.29 is 14.2 Å². The third-order valence-electron chi connectivity index (χ3n) is 3.68. The van der Waals surface area contributed by atoms with E-state index >= 15 is 0 Å². The van der Waals surface area contributed by atoms with Gasteiger partial charge in [0.25, 0.3) is 0 Å². The molecule has 2 rings (SSSR count). The van der Waals surface area contributed by atoms with E-state index in [-0.39, 0.29) is 0 Å². The second-order valence-electron chi connectivity index (χ2n) is 5.46. The third-order valence-corrected chi connectivity index (χ3v) is 5.87. The van der Waals surface area contributed by atoms with Gasteiger partial charge in [0.15, 0.2) is 9.84 Å². The molecular weight excluding hydrogens is 282 g/mol. The van der Waals surface area contributed by atoms with Gasteiger partial charge in [0.05, 0.1) is 11.4 Å². The van der Waals surface area contributed by atoms with Crippen molar-refractivity contribution in [2.75, 3.05) is 6.54 Å². The Hall–Kier alpha value is -1.65. The van der Waals surface area contributed by atoms with Crippen LogP contribution in [0.4, 0.5) is 0 Å². The van der Waals surface area contributed by atoms with Gasteiger partial charge in [0, 0.05) is 0 Å². The van der Waals surface area contributed by atoms with Gasteiger partial charge in [0.2, 0.25) is 0 Å². The predicted molar refractivity (Wildman–Crippen MR) is 84.7 cm³/mol. The van der Waals surface area contributed by atoms with Crippen molar-refractivity contribution >= 4 is 9.84 Å². The summed E-state index contributed by atoms with van der Waals surface area (Å²) in [5, 5.41) is -0.596. The molecule has 0 aliphatic heterocycles. The molecule has 4 heteroatoms. The van der Waals surface area contributed by atoms with E-state index in [0.717, 1.165) is 5.56 Å². The summed E-state index contributed by atoms with van der Waals surface area (Å²) in [6.07, 6.45) is 0. The molecule has 0 bridgehead atoms. The lowest BCUT2D eigenvalue weighted by atomic mass is 10.0. The van der Waals surface area contributed by atoms with Crippen LogP contribution in [0.5, 0.6) is 0 Å². The summed E-state index contributed by atoms with van der Waals surface area (Å²) < 4.78 is 25.5. The van der Waals surface area contributed by atoms with Gasteiger partial charge in [-0.3, -0.25) is 0 Å². The van der Waals surface area contributed by atoms with Gasteiger partial charge in [0.1, 0.15) is 5.25 Å². The van der Waals surface area contributed by atoms with Crippen LogP contribution in [0.1, 0.15) is 36.1 Å². The van der Waals surface area contributed by atoms with Gasteiger partial charge in [-0.2, -0.15) is 0 Å². The number of hydrogen-bond donors (Lipinski definition) is 1. The maximum absolute atomic E-state index is 12.7. The fraction of sp³-hybridized carbons (Fsp3) is 0.294. The van der Waals surface area contributed by atoms with Crippen LogP contribution in [-0.2, 0) is 9.84 Å². The van der Waals surface area contributed by atoms with E-state index in [9.17, 15) is 8.42 Å². The molecule has 0 unspecified atom stereocenters. The second kappa shape index (κ2) is 6.41. The van der Waals surface area contributed by atoms with Gasteiger partial charge in [-0.15, -0.1) is 0 Å². The quantitative estimate of drug-likeness (QED) is 0.923. The highest BCUT2D eigenvalue weighted by Gasteiger charge is 2.29. The van der Waals surface area contributed by atoms with Crippen molar-refractivity contribution in [3.8, 4) is 0 Å². The van der Waals surface area contributed by atoms with Gasteiger partial charge >= 0.3 is 0 Å². The highest BCUT2D eigenvalue weighted by Crippen LogP contribution is 2.28. The van der Waals surface area contributed by atoms with E-state index in [2.05, 4.69) is 19.6 Å². The SMILES string of the molecule is CC(C)c1ccc([C@@H](C[NH3+])S(=O)(=O)c2ccccc2)cc1. The largest absolute Gasteiger partial charge is 0.356 e. The molecule has 1 atom stereocenters. The monoisotopic (exact) mass is 304 g/mol. The predicted octanol–water partition coefficient (Wildman–Crippen LogP) is 2.57. The molecular formula is C17H22NO2S+. The van der Waals surface area contributed by atoms with Crippen molar-refractivity contribution in [3.05, 3.63) is 65.7 Å². The van der Waals surface area contributed by atoms with Crippen molar-refractivity contribution in [2.45, 2.75) is 29.9 Å². The second-order valence-corrected chi connectivity index (χ2v) is 7.59. The molecule has 0 spiro atoms. The smallest absolute Gasteiger partial charge is 0.190 e. The first-order chi connectivity index (χ1) is 9.96. The summed E-state index contributed by atoms with van der Waals surface area (Å²) in [6.45, 7) is 4.56. The molecule has 0 heterocycles. The summed E-state index contributed by atoms with van der Waals surface area (Å²) in [6, 6.07) is 16.4. The van der Waals surface area contributed by atoms with Gasteiger partial charge in [-0.05, 0) is 29.2 Å². The number of rotatable bonds is 5. The molecule has 0 amide bonds. The maximum atomic E-state index is 12.7. The Morgan fingerprint density at radius 2 is 1.43 bits per heavy atom. The fourth-order valence-corrected chi connectivity index (χ4v) is 4.06. The minimum atomic E-state index is -3.40. The van der Waals surface area contributed by atoms with E-state index in [1.807, 2.05) is 30.3 Å². The molecule has 3 N–H and O–H groups in total. The maximum Gasteiger partial charge on any atom is 0.190 e. The average Bonchev–Trinajstić information content (AvgIpc) is 2.49. The highest BCUT2D eigenvalue weighted by molar-refractivity contribution is 7.91. The molecule has 0 saturated heterocycles. The normalized spacial score (nSPS) is 13.3. The average molecular weight is 304 g/mol. The molecule has 21 heavy (non-hydrogen) atoms. The Morgan fingerprint density at radius 3 is 1.90 bits per heavy atom. The van der Waals surface area contributed by atoms with Crippen LogP contribution < -0.4 is 5.73 Å². The first-order valence-electron chi connectivity index (χ1n) is 7.15. The number of hydrogen-bond acceptors (Lipinski definition) is 2. The summed E-state index contributed by atoms with van der Waals surface area (Å²) in [4.78, 5) is 0.353. The molecule has 2 aromatic rings. The van der Waals surface area contributed by atoms with E-state index in [4.69, 9.17) is 0 Å². The van der Waals surface area contributed by atoms with Crippen LogP contribution in [0.3, 0.4) is 0 Å². The lowest BCUT2D eigenvalue weighted by Crippen LogP contribution is -2.54. The Labute approximate surface area is 126 Å². The standard InChI is InChI=1S/C17H21NO2S/c1-13(2)14-8-10-15(11-9-14)17(12-18)21(19,20)16-6-4-3-5-7-16/h3-11,13,17H,12,18H2,1-2H3/p+1/t17-/m1/s1. The molecule has 0 radical (unpaired) electrons. The first-order valence-corrected chi connectivity index (χ1v) is 8.69. The Kier molecular flexibility index (Phi) is 4.80. The first kappa shape index (κ1) is 15.7. The summed E-state index contributed by atoms with van der Waals surface area (Å²) in [5.74, 6) is 0.433. The van der Waals surface area contributed by atoms with Crippen LogP contribution in [0.25, 0.3) is 0 Å². The van der Waals surface area contributed by atoms with Gasteiger partial charge in [-0.25, -0.2) is 8.42 Å². The van der Waals surface area contributed by atoms with Crippen LogP contribution in [-0.4, -0.2) is 15.0 Å². The Balaban J connectivity index is 2.40. The van der Waals surface area contributed by atoms with Crippen LogP contribution in [0, 0.1) is 0 Å². The molecule has 0 fully saturated rings. The number of quaternary nitrogens is 1. The highest BCUT2D eigenvalue weighted by atomic mass is 32.2. The fourth-order valence-electron chi connectivity index (χ4n) is 2.37. The van der Waals surface area contributed by atoms with E-state index < -0.39 is 15.1 Å². The minimum absolute atomic E-state index is 0.318. The third kappa shape index (κ3) is 3.34. The Bertz CT molecular complexity index is 676. The van der Waals surface area contributed by atoms with Gasteiger partial charge < -0.3 is 5.73 Å². The van der Waals surface area contributed by atoms with E-state index in [1.54, 1.807) is 24.3 Å². The van der Waals surface area contributed by atoms with E-state index in [0.29, 0.717) is 17.4 Å². The molecule has 3 nitrogen and oxygen atoms in total. The van der Waals surface area contributed by atoms with Crippen molar-refractivity contribution in [2.24, 2.45) is 0 Å². The lowest BCUT2D eigenvalue weighted by Gasteiger charge is -2.16. The molecule has 0 aromatic heterocycles. The number of benzene rings is 2. The molecule has 112 valence electrons. The summed E-state index contributed by atoms with van der Waals surface area (Å²) in [5.41, 5.74) is 5.84. The zero-order chi connectivity index (χ0) is 15.5. The van der Waals surface area contributed by atoms with Crippen LogP contribution >= 0.6 is 0 Å². The minimum Gasteiger partial charge on any atom is -0.356 e. The summed E-state index contributed by atoms with van der Waals surface area (Å²) in [7, 11) is -3.40. The van der Waals surface area contributed by atoms with Crippen LogP contribution in [0.2, 0.25) is 0 Å². The van der Waals surface area contributed by atoms with Crippen molar-refractivity contribution in [1.82, 2.24) is 0 Å². The molecule has 0 aliphatic carbocycles. The molecule has 0 saturated carbocycles. The van der Waals surface area contributed by atoms with Gasteiger partial charge in [-0.1, -0.05) is 56.3 Å². The zero-order valence-corrected chi connectivity index (χ0v) is 13.3. The molecule has 0 aliphatic rings.